The fourth-order valence-electron chi connectivity index (χ4n) is 2.36. The Bertz CT molecular complexity index is 440. The maximum atomic E-state index is 11.9. The minimum atomic E-state index is -0.259. The van der Waals surface area contributed by atoms with Gasteiger partial charge in [0, 0.05) is 13.1 Å². The quantitative estimate of drug-likeness (QED) is 0.861. The summed E-state index contributed by atoms with van der Waals surface area (Å²) in [5.41, 5.74) is 0.303. The fraction of sp³-hybridized carbons (Fsp3) is 0.500. The van der Waals surface area contributed by atoms with E-state index < -0.39 is 0 Å². The highest BCUT2D eigenvalue weighted by Gasteiger charge is 2.22. The number of nitrogens with one attached hydrogen (secondary N) is 1. The number of aromatic hydroxyl groups is 1. The number of rotatable bonds is 3. The van der Waals surface area contributed by atoms with Crippen molar-refractivity contribution in [1.82, 2.24) is 10.2 Å². The summed E-state index contributed by atoms with van der Waals surface area (Å²) in [7, 11) is 0. The molecule has 0 aromatic heterocycles. The topological polar surface area (TPSA) is 61.8 Å². The van der Waals surface area contributed by atoms with Crippen LogP contribution in [0.2, 0.25) is 0 Å². The summed E-state index contributed by atoms with van der Waals surface area (Å²) in [5, 5.41) is 12.4. The van der Waals surface area contributed by atoms with Crippen LogP contribution in [0.1, 0.15) is 24.2 Å². The van der Waals surface area contributed by atoms with Gasteiger partial charge in [0.15, 0.2) is 0 Å². The van der Waals surface area contributed by atoms with Crippen LogP contribution in [0, 0.1) is 0 Å². The summed E-state index contributed by atoms with van der Waals surface area (Å²) in [6.45, 7) is 6.10. The van der Waals surface area contributed by atoms with Crippen molar-refractivity contribution in [3.8, 4) is 5.75 Å². The minimum Gasteiger partial charge on any atom is -0.507 e. The standard InChI is InChI=1S/C14H20N2O3/c1-10-7-16(8-11(2)19-10)9-15-14(18)12-5-3-4-6-13(12)17/h3-6,10-11,17H,7-9H2,1-2H3,(H,15,18). The van der Waals surface area contributed by atoms with Gasteiger partial charge in [-0.2, -0.15) is 0 Å². The molecule has 0 saturated carbocycles. The summed E-state index contributed by atoms with van der Waals surface area (Å²) in [5.74, 6) is -0.256. The third-order valence-electron chi connectivity index (χ3n) is 3.11. The van der Waals surface area contributed by atoms with E-state index in [9.17, 15) is 9.90 Å². The second kappa shape index (κ2) is 6.04. The smallest absolute Gasteiger partial charge is 0.256 e. The number of morpholine rings is 1. The van der Waals surface area contributed by atoms with Crippen LogP contribution in [0.3, 0.4) is 0 Å². The average molecular weight is 264 g/mol. The van der Waals surface area contributed by atoms with E-state index >= 15 is 0 Å². The zero-order chi connectivity index (χ0) is 13.8. The molecule has 2 N–H and O–H groups in total. The lowest BCUT2D eigenvalue weighted by Gasteiger charge is -2.35. The molecule has 1 amide bonds. The van der Waals surface area contributed by atoms with Crippen molar-refractivity contribution in [2.75, 3.05) is 19.8 Å². The predicted octanol–water partition coefficient (Wildman–Crippen LogP) is 1.19. The molecule has 5 nitrogen and oxygen atoms in total. The van der Waals surface area contributed by atoms with Gasteiger partial charge in [-0.1, -0.05) is 12.1 Å². The summed E-state index contributed by atoms with van der Waals surface area (Å²) in [4.78, 5) is 14.1. The molecule has 0 spiro atoms. The number of carbonyl (C=O) groups excluding carboxylic acids is 1. The molecule has 1 aliphatic heterocycles. The number of benzene rings is 1. The zero-order valence-electron chi connectivity index (χ0n) is 11.3. The summed E-state index contributed by atoms with van der Waals surface area (Å²) < 4.78 is 5.63. The monoisotopic (exact) mass is 264 g/mol. The first kappa shape index (κ1) is 13.8. The molecule has 5 heteroatoms. The molecule has 0 aliphatic carbocycles. The first-order valence-corrected chi connectivity index (χ1v) is 6.50. The number of hydrogen-bond donors (Lipinski definition) is 2. The summed E-state index contributed by atoms with van der Waals surface area (Å²) >= 11 is 0. The van der Waals surface area contributed by atoms with Crippen LogP contribution in [0.4, 0.5) is 0 Å². The van der Waals surface area contributed by atoms with Crippen molar-refractivity contribution in [2.24, 2.45) is 0 Å². The Morgan fingerprint density at radius 1 is 1.37 bits per heavy atom. The first-order chi connectivity index (χ1) is 9.06. The van der Waals surface area contributed by atoms with Gasteiger partial charge in [0.05, 0.1) is 24.4 Å². The molecule has 0 radical (unpaired) electrons. The number of carbonyl (C=O) groups is 1. The van der Waals surface area contributed by atoms with E-state index in [1.807, 2.05) is 13.8 Å². The van der Waals surface area contributed by atoms with E-state index in [1.165, 1.54) is 6.07 Å². The fourth-order valence-corrected chi connectivity index (χ4v) is 2.36. The molecule has 0 bridgehead atoms. The molecular weight excluding hydrogens is 244 g/mol. The van der Waals surface area contributed by atoms with Gasteiger partial charge in [0.1, 0.15) is 5.75 Å². The maximum Gasteiger partial charge on any atom is 0.256 e. The van der Waals surface area contributed by atoms with Gasteiger partial charge < -0.3 is 15.2 Å². The van der Waals surface area contributed by atoms with Crippen molar-refractivity contribution in [1.29, 1.82) is 0 Å². The second-order valence-corrected chi connectivity index (χ2v) is 4.97. The lowest BCUT2D eigenvalue weighted by molar-refractivity contribution is -0.0692. The van der Waals surface area contributed by atoms with Crippen LogP contribution in [0.5, 0.6) is 5.75 Å². The third-order valence-corrected chi connectivity index (χ3v) is 3.11. The van der Waals surface area contributed by atoms with Crippen molar-refractivity contribution in [2.45, 2.75) is 26.1 Å². The SMILES string of the molecule is CC1CN(CNC(=O)c2ccccc2O)CC(C)O1. The van der Waals surface area contributed by atoms with Crippen molar-refractivity contribution in [3.05, 3.63) is 29.8 Å². The van der Waals surface area contributed by atoms with Crippen LogP contribution in [0.25, 0.3) is 0 Å². The van der Waals surface area contributed by atoms with E-state index in [-0.39, 0.29) is 23.9 Å². The maximum absolute atomic E-state index is 11.9. The predicted molar refractivity (Wildman–Crippen MR) is 72.0 cm³/mol. The number of amides is 1. The van der Waals surface area contributed by atoms with E-state index in [2.05, 4.69) is 10.2 Å². The molecular formula is C14H20N2O3. The van der Waals surface area contributed by atoms with Crippen LogP contribution in [0.15, 0.2) is 24.3 Å². The van der Waals surface area contributed by atoms with E-state index in [0.29, 0.717) is 12.2 Å². The van der Waals surface area contributed by atoms with Gasteiger partial charge >= 0.3 is 0 Å². The molecule has 2 unspecified atom stereocenters. The molecule has 1 aromatic carbocycles. The molecule has 2 atom stereocenters. The highest BCUT2D eigenvalue weighted by atomic mass is 16.5. The third kappa shape index (κ3) is 3.68. The minimum absolute atomic E-state index is 0.00344. The Morgan fingerprint density at radius 2 is 2.00 bits per heavy atom. The molecule has 1 saturated heterocycles. The Labute approximate surface area is 113 Å². The number of ether oxygens (including phenoxy) is 1. The van der Waals surface area contributed by atoms with Gasteiger partial charge in [-0.3, -0.25) is 9.69 Å². The number of para-hydroxylation sites is 1. The normalized spacial score (nSPS) is 24.1. The highest BCUT2D eigenvalue weighted by Crippen LogP contribution is 2.15. The number of phenols is 1. The zero-order valence-corrected chi connectivity index (χ0v) is 11.3. The number of nitrogens with zero attached hydrogens (tertiary/aromatic N) is 1. The Balaban J connectivity index is 1.89. The van der Waals surface area contributed by atoms with Gasteiger partial charge in [-0.25, -0.2) is 0 Å². The summed E-state index contributed by atoms with van der Waals surface area (Å²) in [6.07, 6.45) is 0.344. The molecule has 1 aliphatic rings. The largest absolute Gasteiger partial charge is 0.507 e. The highest BCUT2D eigenvalue weighted by molar-refractivity contribution is 5.96. The molecule has 1 heterocycles. The summed E-state index contributed by atoms with van der Waals surface area (Å²) in [6, 6.07) is 6.54. The van der Waals surface area contributed by atoms with Crippen molar-refractivity contribution in [3.63, 3.8) is 0 Å². The van der Waals surface area contributed by atoms with Crippen molar-refractivity contribution < 1.29 is 14.6 Å². The van der Waals surface area contributed by atoms with E-state index in [1.54, 1.807) is 18.2 Å². The lowest BCUT2D eigenvalue weighted by Crippen LogP contribution is -2.49. The van der Waals surface area contributed by atoms with Crippen LogP contribution in [-0.4, -0.2) is 47.9 Å². The average Bonchev–Trinajstić information content (AvgIpc) is 2.35. The van der Waals surface area contributed by atoms with Gasteiger partial charge in [-0.05, 0) is 26.0 Å². The lowest BCUT2D eigenvalue weighted by atomic mass is 10.2. The van der Waals surface area contributed by atoms with Crippen LogP contribution >= 0.6 is 0 Å². The van der Waals surface area contributed by atoms with Crippen molar-refractivity contribution >= 4 is 5.91 Å². The Morgan fingerprint density at radius 3 is 2.63 bits per heavy atom. The number of phenolic OH excluding ortho intramolecular Hbond substituents is 1. The molecule has 1 aromatic rings. The Kier molecular flexibility index (Phi) is 4.39. The molecule has 104 valence electrons. The molecule has 19 heavy (non-hydrogen) atoms. The van der Waals surface area contributed by atoms with Gasteiger partial charge in [-0.15, -0.1) is 0 Å². The second-order valence-electron chi connectivity index (χ2n) is 4.97. The van der Waals surface area contributed by atoms with Crippen LogP contribution in [-0.2, 0) is 4.74 Å². The van der Waals surface area contributed by atoms with E-state index in [0.717, 1.165) is 13.1 Å². The molecule has 1 fully saturated rings. The first-order valence-electron chi connectivity index (χ1n) is 6.50. The Hall–Kier alpha value is -1.59. The van der Waals surface area contributed by atoms with E-state index in [4.69, 9.17) is 4.74 Å². The van der Waals surface area contributed by atoms with Crippen LogP contribution < -0.4 is 5.32 Å². The molecule has 2 rings (SSSR count). The van der Waals surface area contributed by atoms with Gasteiger partial charge in [0.25, 0.3) is 5.91 Å². The van der Waals surface area contributed by atoms with Gasteiger partial charge in [0.2, 0.25) is 0 Å². The number of hydrogen-bond acceptors (Lipinski definition) is 4.